The van der Waals surface area contributed by atoms with Crippen LogP contribution in [0.5, 0.6) is 11.5 Å². The van der Waals surface area contributed by atoms with Gasteiger partial charge in [0.05, 0.1) is 19.1 Å². The molecule has 4 nitrogen and oxygen atoms in total. The number of methoxy groups -OCH3 is 2. The second-order valence-electron chi connectivity index (χ2n) is 3.57. The summed E-state index contributed by atoms with van der Waals surface area (Å²) in [4.78, 5) is 4.87. The summed E-state index contributed by atoms with van der Waals surface area (Å²) in [6.45, 7) is 0. The zero-order valence-electron chi connectivity index (χ0n) is 10.5. The maximum absolute atomic E-state index is 5.98. The van der Waals surface area contributed by atoms with Crippen molar-refractivity contribution in [3.8, 4) is 11.5 Å². The van der Waals surface area contributed by atoms with E-state index in [2.05, 4.69) is 9.71 Å². The van der Waals surface area contributed by atoms with Crippen LogP contribution < -0.4 is 14.2 Å². The maximum Gasteiger partial charge on any atom is 0.162 e. The number of hydrogen-bond acceptors (Lipinski definition) is 5. The molecule has 1 aromatic carbocycles. The van der Waals surface area contributed by atoms with Gasteiger partial charge < -0.3 is 14.2 Å². The van der Waals surface area contributed by atoms with Gasteiger partial charge in [-0.2, -0.15) is 0 Å². The van der Waals surface area contributed by atoms with Crippen LogP contribution >= 0.6 is 23.5 Å². The Kier molecular flexibility index (Phi) is 4.76. The topological polar surface area (TPSA) is 43.4 Å². The number of aromatic nitrogens is 1. The standard InChI is InChI=1S/C13H13ClN2O2S/c1-17-10-6-5-9(8-11(10)18-2)16-19-12-4-3-7-15-13(12)14/h3-8,16H,1-2H3. The molecular formula is C13H13ClN2O2S. The van der Waals surface area contributed by atoms with Crippen molar-refractivity contribution in [3.63, 3.8) is 0 Å². The number of hydrogen-bond donors (Lipinski definition) is 1. The molecule has 0 unspecified atom stereocenters. The van der Waals surface area contributed by atoms with E-state index >= 15 is 0 Å². The van der Waals surface area contributed by atoms with E-state index in [-0.39, 0.29) is 0 Å². The first kappa shape index (κ1) is 13.8. The van der Waals surface area contributed by atoms with Gasteiger partial charge in [0.15, 0.2) is 11.5 Å². The molecule has 2 rings (SSSR count). The van der Waals surface area contributed by atoms with Crippen LogP contribution in [0.15, 0.2) is 41.4 Å². The summed E-state index contributed by atoms with van der Waals surface area (Å²) in [5.41, 5.74) is 0.891. The summed E-state index contributed by atoms with van der Waals surface area (Å²) in [6.07, 6.45) is 1.66. The first-order chi connectivity index (χ1) is 9.24. The van der Waals surface area contributed by atoms with Crippen molar-refractivity contribution in [2.45, 2.75) is 4.90 Å². The largest absolute Gasteiger partial charge is 0.493 e. The molecule has 0 aliphatic heterocycles. The highest BCUT2D eigenvalue weighted by atomic mass is 35.5. The highest BCUT2D eigenvalue weighted by Crippen LogP contribution is 2.32. The van der Waals surface area contributed by atoms with E-state index in [0.717, 1.165) is 10.6 Å². The van der Waals surface area contributed by atoms with Crippen molar-refractivity contribution in [2.24, 2.45) is 0 Å². The highest BCUT2D eigenvalue weighted by Gasteiger charge is 2.06. The molecule has 0 fully saturated rings. The van der Waals surface area contributed by atoms with E-state index in [1.165, 1.54) is 11.9 Å². The van der Waals surface area contributed by atoms with Crippen LogP contribution in [0.25, 0.3) is 0 Å². The predicted molar refractivity (Wildman–Crippen MR) is 78.3 cm³/mol. The second kappa shape index (κ2) is 6.54. The molecule has 0 amide bonds. The number of pyridine rings is 1. The van der Waals surface area contributed by atoms with Crippen molar-refractivity contribution in [1.29, 1.82) is 0 Å². The maximum atomic E-state index is 5.98. The van der Waals surface area contributed by atoms with E-state index in [1.54, 1.807) is 20.4 Å². The summed E-state index contributed by atoms with van der Waals surface area (Å²) >= 11 is 7.37. The van der Waals surface area contributed by atoms with Crippen molar-refractivity contribution in [3.05, 3.63) is 41.7 Å². The molecule has 0 saturated heterocycles. The van der Waals surface area contributed by atoms with E-state index in [9.17, 15) is 0 Å². The number of anilines is 1. The number of rotatable bonds is 5. The molecule has 0 atom stereocenters. The molecule has 2 aromatic rings. The van der Waals surface area contributed by atoms with Gasteiger partial charge in [0.25, 0.3) is 0 Å². The summed E-state index contributed by atoms with van der Waals surface area (Å²) in [7, 11) is 3.21. The number of nitrogens with zero attached hydrogens (tertiary/aromatic N) is 1. The molecule has 0 saturated carbocycles. The summed E-state index contributed by atoms with van der Waals surface area (Å²) < 4.78 is 13.6. The first-order valence-corrected chi connectivity index (χ1v) is 6.69. The van der Waals surface area contributed by atoms with Gasteiger partial charge in [-0.15, -0.1) is 0 Å². The van der Waals surface area contributed by atoms with Crippen molar-refractivity contribution in [1.82, 2.24) is 4.98 Å². The Morgan fingerprint density at radius 1 is 1.16 bits per heavy atom. The molecule has 0 bridgehead atoms. The summed E-state index contributed by atoms with van der Waals surface area (Å²) in [5, 5.41) is 0.473. The smallest absolute Gasteiger partial charge is 0.162 e. The average Bonchev–Trinajstić information content (AvgIpc) is 2.46. The van der Waals surface area contributed by atoms with Gasteiger partial charge in [-0.05, 0) is 36.2 Å². The Morgan fingerprint density at radius 3 is 2.63 bits per heavy atom. The summed E-state index contributed by atoms with van der Waals surface area (Å²) in [5.74, 6) is 1.36. The monoisotopic (exact) mass is 296 g/mol. The molecule has 1 N–H and O–H groups in total. The number of halogens is 1. The van der Waals surface area contributed by atoms with Crippen LogP contribution in [0.3, 0.4) is 0 Å². The van der Waals surface area contributed by atoms with Crippen molar-refractivity contribution >= 4 is 29.2 Å². The molecule has 0 aliphatic rings. The lowest BCUT2D eigenvalue weighted by Crippen LogP contribution is -1.93. The van der Waals surface area contributed by atoms with Crippen LogP contribution in [-0.4, -0.2) is 19.2 Å². The molecule has 6 heteroatoms. The first-order valence-electron chi connectivity index (χ1n) is 5.50. The Bertz CT molecular complexity index is 566. The number of benzene rings is 1. The fourth-order valence-electron chi connectivity index (χ4n) is 1.46. The van der Waals surface area contributed by atoms with Crippen molar-refractivity contribution in [2.75, 3.05) is 18.9 Å². The van der Waals surface area contributed by atoms with Crippen LogP contribution in [-0.2, 0) is 0 Å². The third-order valence-electron chi connectivity index (χ3n) is 2.39. The van der Waals surface area contributed by atoms with Gasteiger partial charge >= 0.3 is 0 Å². The van der Waals surface area contributed by atoms with Crippen LogP contribution in [0.4, 0.5) is 5.69 Å². The zero-order chi connectivity index (χ0) is 13.7. The molecule has 1 aromatic heterocycles. The van der Waals surface area contributed by atoms with E-state index in [0.29, 0.717) is 16.7 Å². The minimum absolute atomic E-state index is 0.473. The van der Waals surface area contributed by atoms with Gasteiger partial charge in [-0.25, -0.2) is 4.98 Å². The Hall–Kier alpha value is -1.59. The second-order valence-corrected chi connectivity index (χ2v) is 4.77. The van der Waals surface area contributed by atoms with Gasteiger partial charge in [-0.3, -0.25) is 0 Å². The quantitative estimate of drug-likeness (QED) is 0.670. The lowest BCUT2D eigenvalue weighted by atomic mass is 10.3. The van der Waals surface area contributed by atoms with Crippen molar-refractivity contribution < 1.29 is 9.47 Å². The SMILES string of the molecule is COc1ccc(NSc2cccnc2Cl)cc1OC. The Labute approximate surface area is 121 Å². The van der Waals surface area contributed by atoms with E-state index in [1.807, 2.05) is 30.3 Å². The Morgan fingerprint density at radius 2 is 1.95 bits per heavy atom. The molecular weight excluding hydrogens is 284 g/mol. The molecule has 0 spiro atoms. The lowest BCUT2D eigenvalue weighted by Gasteiger charge is -2.10. The van der Waals surface area contributed by atoms with Gasteiger partial charge in [0.2, 0.25) is 0 Å². The van der Waals surface area contributed by atoms with Crippen LogP contribution in [0, 0.1) is 0 Å². The van der Waals surface area contributed by atoms with E-state index in [4.69, 9.17) is 21.1 Å². The van der Waals surface area contributed by atoms with Gasteiger partial charge in [0, 0.05) is 18.0 Å². The molecule has 0 radical (unpaired) electrons. The third kappa shape index (κ3) is 3.45. The highest BCUT2D eigenvalue weighted by molar-refractivity contribution is 8.00. The molecule has 100 valence electrons. The summed E-state index contributed by atoms with van der Waals surface area (Å²) in [6, 6.07) is 9.33. The van der Waals surface area contributed by atoms with E-state index < -0.39 is 0 Å². The van der Waals surface area contributed by atoms with Gasteiger partial charge in [-0.1, -0.05) is 11.6 Å². The normalized spacial score (nSPS) is 10.1. The van der Waals surface area contributed by atoms with Crippen LogP contribution in [0.1, 0.15) is 0 Å². The molecule has 0 aliphatic carbocycles. The predicted octanol–water partition coefficient (Wildman–Crippen LogP) is 3.87. The minimum Gasteiger partial charge on any atom is -0.493 e. The zero-order valence-corrected chi connectivity index (χ0v) is 12.1. The average molecular weight is 297 g/mol. The molecule has 19 heavy (non-hydrogen) atoms. The third-order valence-corrected chi connectivity index (χ3v) is 3.69. The minimum atomic E-state index is 0.473. The fraction of sp³-hybridized carbons (Fsp3) is 0.154. The fourth-order valence-corrected chi connectivity index (χ4v) is 2.33. The number of ether oxygens (including phenoxy) is 2. The number of nitrogens with one attached hydrogen (secondary N) is 1. The van der Waals surface area contributed by atoms with Crippen LogP contribution in [0.2, 0.25) is 5.15 Å². The Balaban J connectivity index is 2.10. The lowest BCUT2D eigenvalue weighted by molar-refractivity contribution is 0.355. The molecule has 1 heterocycles. The van der Waals surface area contributed by atoms with Gasteiger partial charge in [0.1, 0.15) is 5.15 Å².